The number of amides is 1. The van der Waals surface area contributed by atoms with Crippen molar-refractivity contribution in [3.05, 3.63) is 58.8 Å². The maximum Gasteiger partial charge on any atom is 0.291 e. The summed E-state index contributed by atoms with van der Waals surface area (Å²) in [4.78, 5) is 25.9. The highest BCUT2D eigenvalue weighted by Crippen LogP contribution is 2.41. The molecule has 2 heterocycles. The molecular formula is C25H27NO4. The Morgan fingerprint density at radius 3 is 2.50 bits per heavy atom. The van der Waals surface area contributed by atoms with E-state index in [1.54, 1.807) is 12.1 Å². The Bertz CT molecular complexity index is 1140. The molecule has 30 heavy (non-hydrogen) atoms. The van der Waals surface area contributed by atoms with Gasteiger partial charge in [0.15, 0.2) is 11.5 Å². The molecule has 0 spiro atoms. The summed E-state index contributed by atoms with van der Waals surface area (Å²) in [5, 5.41) is 3.55. The zero-order chi connectivity index (χ0) is 21.6. The van der Waals surface area contributed by atoms with Crippen molar-refractivity contribution in [3.8, 4) is 5.75 Å². The van der Waals surface area contributed by atoms with E-state index >= 15 is 0 Å². The molecule has 0 aliphatic carbocycles. The van der Waals surface area contributed by atoms with Gasteiger partial charge in [-0.3, -0.25) is 9.59 Å². The molecule has 0 bridgehead atoms. The van der Waals surface area contributed by atoms with Crippen molar-refractivity contribution in [1.29, 1.82) is 0 Å². The van der Waals surface area contributed by atoms with Crippen LogP contribution in [0.15, 0.2) is 40.8 Å². The van der Waals surface area contributed by atoms with Crippen molar-refractivity contribution in [2.45, 2.75) is 59.0 Å². The van der Waals surface area contributed by atoms with Gasteiger partial charge in [-0.1, -0.05) is 32.9 Å². The van der Waals surface area contributed by atoms with Gasteiger partial charge in [-0.2, -0.15) is 0 Å². The fourth-order valence-corrected chi connectivity index (χ4v) is 3.97. The number of Topliss-reactive ketones (excluding diaryl/α,β-unsaturated/α-hetero) is 1. The third-order valence-corrected chi connectivity index (χ3v) is 6.02. The van der Waals surface area contributed by atoms with Crippen molar-refractivity contribution >= 4 is 28.3 Å². The van der Waals surface area contributed by atoms with E-state index in [0.717, 1.165) is 6.42 Å². The Kier molecular flexibility index (Phi) is 4.92. The number of benzene rings is 2. The summed E-state index contributed by atoms with van der Waals surface area (Å²) < 4.78 is 12.0. The van der Waals surface area contributed by atoms with Crippen LogP contribution in [0.2, 0.25) is 0 Å². The summed E-state index contributed by atoms with van der Waals surface area (Å²) in [5.41, 5.74) is 3.08. The molecule has 0 radical (unpaired) electrons. The monoisotopic (exact) mass is 405 g/mol. The van der Waals surface area contributed by atoms with Crippen LogP contribution in [0.25, 0.3) is 11.0 Å². The van der Waals surface area contributed by atoms with E-state index in [9.17, 15) is 9.59 Å². The van der Waals surface area contributed by atoms with Gasteiger partial charge in [-0.25, -0.2) is 0 Å². The third-order valence-electron chi connectivity index (χ3n) is 6.02. The first-order chi connectivity index (χ1) is 14.2. The molecule has 1 N–H and O–H groups in total. The van der Waals surface area contributed by atoms with Crippen molar-refractivity contribution in [1.82, 2.24) is 0 Å². The van der Waals surface area contributed by atoms with Gasteiger partial charge in [0.2, 0.25) is 0 Å². The largest absolute Gasteiger partial charge is 0.486 e. The summed E-state index contributed by atoms with van der Waals surface area (Å²) in [6.45, 7) is 10.0. The Morgan fingerprint density at radius 2 is 1.87 bits per heavy atom. The van der Waals surface area contributed by atoms with Gasteiger partial charge in [0, 0.05) is 16.6 Å². The Balaban J connectivity index is 1.69. The highest BCUT2D eigenvalue weighted by Gasteiger charge is 2.37. The molecule has 2 aromatic carbocycles. The molecule has 5 heteroatoms. The van der Waals surface area contributed by atoms with Crippen molar-refractivity contribution < 1.29 is 18.7 Å². The van der Waals surface area contributed by atoms with Crippen LogP contribution in [-0.2, 0) is 0 Å². The number of carbonyl (C=O) groups excluding carboxylic acids is 2. The number of furan rings is 1. The number of carbonyl (C=O) groups is 2. The zero-order valence-electron chi connectivity index (χ0n) is 18.1. The molecule has 0 saturated heterocycles. The summed E-state index contributed by atoms with van der Waals surface area (Å²) in [6, 6.07) is 11.3. The topological polar surface area (TPSA) is 68.5 Å². The average Bonchev–Trinajstić information content (AvgIpc) is 3.05. The van der Waals surface area contributed by atoms with Crippen LogP contribution >= 0.6 is 0 Å². The number of anilines is 1. The summed E-state index contributed by atoms with van der Waals surface area (Å²) in [5.74, 6) is 0.878. The number of fused-ring (bicyclic) bond motifs is 3. The number of hydrogen-bond donors (Lipinski definition) is 1. The van der Waals surface area contributed by atoms with E-state index in [1.807, 2.05) is 45.0 Å². The number of ether oxygens (including phenoxy) is 1. The van der Waals surface area contributed by atoms with Gasteiger partial charge in [0.25, 0.3) is 5.91 Å². The Morgan fingerprint density at radius 1 is 1.17 bits per heavy atom. The lowest BCUT2D eigenvalue weighted by Gasteiger charge is -2.34. The summed E-state index contributed by atoms with van der Waals surface area (Å²) in [6.07, 6.45) is 1.05. The number of aryl methyl sites for hydroxylation is 1. The molecule has 1 aliphatic rings. The number of ketones is 1. The van der Waals surface area contributed by atoms with Crippen LogP contribution < -0.4 is 10.1 Å². The smallest absolute Gasteiger partial charge is 0.291 e. The van der Waals surface area contributed by atoms with Crippen LogP contribution in [0.1, 0.15) is 78.5 Å². The van der Waals surface area contributed by atoms with Gasteiger partial charge in [0.05, 0.1) is 12.0 Å². The van der Waals surface area contributed by atoms with Gasteiger partial charge >= 0.3 is 0 Å². The van der Waals surface area contributed by atoms with Crippen molar-refractivity contribution in [2.24, 2.45) is 0 Å². The Hall–Kier alpha value is -3.08. The fourth-order valence-electron chi connectivity index (χ4n) is 3.97. The van der Waals surface area contributed by atoms with Crippen LogP contribution in [-0.4, -0.2) is 17.3 Å². The first-order valence-corrected chi connectivity index (χ1v) is 10.4. The molecule has 1 aliphatic heterocycles. The highest BCUT2D eigenvalue weighted by atomic mass is 16.5. The van der Waals surface area contributed by atoms with Gasteiger partial charge in [0.1, 0.15) is 16.9 Å². The molecule has 1 aromatic heterocycles. The summed E-state index contributed by atoms with van der Waals surface area (Å²) in [7, 11) is 0. The van der Waals surface area contributed by atoms with Gasteiger partial charge in [-0.05, 0) is 56.0 Å². The molecule has 156 valence electrons. The second kappa shape index (κ2) is 7.31. The molecule has 0 fully saturated rings. The predicted molar refractivity (Wildman–Crippen MR) is 118 cm³/mol. The third kappa shape index (κ3) is 3.38. The minimum Gasteiger partial charge on any atom is -0.486 e. The maximum atomic E-state index is 13.0. The first kappa shape index (κ1) is 20.2. The second-order valence-corrected chi connectivity index (χ2v) is 8.60. The molecule has 5 nitrogen and oxygen atoms in total. The van der Waals surface area contributed by atoms with E-state index in [0.29, 0.717) is 45.9 Å². The van der Waals surface area contributed by atoms with E-state index in [2.05, 4.69) is 19.2 Å². The first-order valence-electron chi connectivity index (χ1n) is 10.4. The van der Waals surface area contributed by atoms with E-state index in [4.69, 9.17) is 9.15 Å². The van der Waals surface area contributed by atoms with Crippen molar-refractivity contribution in [2.75, 3.05) is 5.32 Å². The lowest BCUT2D eigenvalue weighted by Crippen LogP contribution is -2.38. The van der Waals surface area contributed by atoms with Crippen LogP contribution in [0.5, 0.6) is 5.75 Å². The molecular weight excluding hydrogens is 378 g/mol. The van der Waals surface area contributed by atoms with E-state index in [-0.39, 0.29) is 17.5 Å². The van der Waals surface area contributed by atoms with Crippen LogP contribution in [0, 0.1) is 6.92 Å². The van der Waals surface area contributed by atoms with E-state index in [1.165, 1.54) is 5.56 Å². The number of hydrogen-bond acceptors (Lipinski definition) is 4. The lowest BCUT2D eigenvalue weighted by molar-refractivity contribution is 0.0503. The quantitative estimate of drug-likeness (QED) is 0.557. The van der Waals surface area contributed by atoms with E-state index < -0.39 is 5.60 Å². The van der Waals surface area contributed by atoms with Crippen LogP contribution in [0.4, 0.5) is 5.69 Å². The number of rotatable bonds is 4. The average molecular weight is 405 g/mol. The standard InChI is InChI=1S/C25H27NO4/c1-6-25(5)13-18(27)22-20(30-25)12-11-19-21(22)15(4)23(29-19)24(28)26-17-9-7-16(8-10-17)14(2)3/h7-12,14H,6,13H2,1-5H3,(H,26,28)/t25-/m0/s1. The molecule has 1 amide bonds. The predicted octanol–water partition coefficient (Wildman–Crippen LogP) is 6.25. The molecule has 4 rings (SSSR count). The normalized spacial score (nSPS) is 18.4. The zero-order valence-corrected chi connectivity index (χ0v) is 18.1. The molecule has 0 saturated carbocycles. The van der Waals surface area contributed by atoms with Crippen molar-refractivity contribution in [3.63, 3.8) is 0 Å². The van der Waals surface area contributed by atoms with Gasteiger partial charge < -0.3 is 14.5 Å². The number of nitrogens with one attached hydrogen (secondary N) is 1. The molecule has 3 aromatic rings. The second-order valence-electron chi connectivity index (χ2n) is 8.60. The SMILES string of the molecule is CC[C@@]1(C)CC(=O)c2c(ccc3oc(C(=O)Nc4ccc(C(C)C)cc4)c(C)c23)O1. The minimum absolute atomic E-state index is 0.0198. The lowest BCUT2D eigenvalue weighted by atomic mass is 9.87. The van der Waals surface area contributed by atoms with Crippen LogP contribution in [0.3, 0.4) is 0 Å². The maximum absolute atomic E-state index is 13.0. The van der Waals surface area contributed by atoms with Gasteiger partial charge in [-0.15, -0.1) is 0 Å². The fraction of sp³-hybridized carbons (Fsp3) is 0.360. The molecule has 1 atom stereocenters. The molecule has 0 unspecified atom stereocenters. The highest BCUT2D eigenvalue weighted by molar-refractivity contribution is 6.14. The minimum atomic E-state index is -0.502. The summed E-state index contributed by atoms with van der Waals surface area (Å²) >= 11 is 0. The Labute approximate surface area is 176 Å².